The molecule has 0 radical (unpaired) electrons. The molecule has 1 saturated carbocycles. The maximum atomic E-state index is 12.1. The maximum Gasteiger partial charge on any atom is 0.250 e. The second-order valence-electron chi connectivity index (χ2n) is 8.16. The number of pyridine rings is 1. The smallest absolute Gasteiger partial charge is 0.250 e. The fourth-order valence-electron chi connectivity index (χ4n) is 4.97. The molecule has 25 heavy (non-hydrogen) atoms. The zero-order chi connectivity index (χ0) is 17.2. The van der Waals surface area contributed by atoms with Gasteiger partial charge in [-0.3, -0.25) is 9.69 Å². The average Bonchev–Trinajstić information content (AvgIpc) is 2.62. The molecule has 0 unspecified atom stereocenters. The molecule has 0 aromatic carbocycles. The minimum Gasteiger partial charge on any atom is -0.389 e. The number of rotatable bonds is 5. The van der Waals surface area contributed by atoms with E-state index < -0.39 is 6.10 Å². The van der Waals surface area contributed by atoms with Crippen molar-refractivity contribution in [3.05, 3.63) is 34.2 Å². The number of fused-ring (bicyclic) bond motifs is 4. The summed E-state index contributed by atoms with van der Waals surface area (Å²) in [5.74, 6) is 0.922. The number of piperidine rings is 1. The fourth-order valence-corrected chi connectivity index (χ4v) is 4.97. The highest BCUT2D eigenvalue weighted by atomic mass is 16.5. The van der Waals surface area contributed by atoms with Gasteiger partial charge in [-0.1, -0.05) is 25.3 Å². The lowest BCUT2D eigenvalue weighted by Crippen LogP contribution is -2.49. The van der Waals surface area contributed by atoms with E-state index in [0.717, 1.165) is 38.9 Å². The van der Waals surface area contributed by atoms with Gasteiger partial charge in [0.15, 0.2) is 0 Å². The zero-order valence-electron chi connectivity index (χ0n) is 15.0. The molecule has 1 aliphatic carbocycles. The van der Waals surface area contributed by atoms with Gasteiger partial charge in [-0.2, -0.15) is 0 Å². The molecule has 1 N–H and O–H groups in total. The summed E-state index contributed by atoms with van der Waals surface area (Å²) in [5, 5.41) is 10.4. The van der Waals surface area contributed by atoms with E-state index in [2.05, 4.69) is 11.0 Å². The lowest BCUT2D eigenvalue weighted by atomic mass is 9.83. The topological polar surface area (TPSA) is 54.7 Å². The summed E-state index contributed by atoms with van der Waals surface area (Å²) >= 11 is 0. The SMILES string of the molecule is O=c1cccc2n1C[C@@H]1C[C@@H]2CN(C[C@H](O)COC2CCCCC2)C1. The van der Waals surface area contributed by atoms with Crippen molar-refractivity contribution in [2.45, 2.75) is 63.2 Å². The highest BCUT2D eigenvalue weighted by Gasteiger charge is 2.34. The summed E-state index contributed by atoms with van der Waals surface area (Å²) < 4.78 is 7.89. The number of nitrogens with zero attached hydrogens (tertiary/aromatic N) is 2. The minimum atomic E-state index is -0.418. The summed E-state index contributed by atoms with van der Waals surface area (Å²) in [4.78, 5) is 14.5. The van der Waals surface area contributed by atoms with Crippen LogP contribution in [0.4, 0.5) is 0 Å². The van der Waals surface area contributed by atoms with Crippen molar-refractivity contribution in [2.75, 3.05) is 26.2 Å². The quantitative estimate of drug-likeness (QED) is 0.886. The van der Waals surface area contributed by atoms with E-state index in [4.69, 9.17) is 4.74 Å². The van der Waals surface area contributed by atoms with Gasteiger partial charge in [-0.05, 0) is 31.2 Å². The molecule has 2 aliphatic heterocycles. The van der Waals surface area contributed by atoms with Crippen LogP contribution in [0.3, 0.4) is 0 Å². The summed E-state index contributed by atoms with van der Waals surface area (Å²) in [6.45, 7) is 3.85. The van der Waals surface area contributed by atoms with E-state index in [1.165, 1.54) is 25.0 Å². The molecule has 3 aliphatic rings. The third-order valence-corrected chi connectivity index (χ3v) is 6.10. The van der Waals surface area contributed by atoms with Crippen LogP contribution in [0.5, 0.6) is 0 Å². The Morgan fingerprint density at radius 1 is 1.16 bits per heavy atom. The first kappa shape index (κ1) is 17.3. The largest absolute Gasteiger partial charge is 0.389 e. The molecule has 138 valence electrons. The molecule has 1 aromatic heterocycles. The summed E-state index contributed by atoms with van der Waals surface area (Å²) in [6.07, 6.45) is 7.22. The Morgan fingerprint density at radius 2 is 2.00 bits per heavy atom. The van der Waals surface area contributed by atoms with E-state index in [0.29, 0.717) is 31.1 Å². The van der Waals surface area contributed by atoms with E-state index in [-0.39, 0.29) is 5.56 Å². The maximum absolute atomic E-state index is 12.1. The lowest BCUT2D eigenvalue weighted by molar-refractivity contribution is -0.0388. The Balaban J connectivity index is 1.32. The molecule has 3 heterocycles. The molecule has 0 spiro atoms. The monoisotopic (exact) mass is 346 g/mol. The average molecular weight is 346 g/mol. The highest BCUT2D eigenvalue weighted by Crippen LogP contribution is 2.34. The first-order chi connectivity index (χ1) is 12.2. The molecule has 3 atom stereocenters. The lowest BCUT2D eigenvalue weighted by Gasteiger charge is -2.43. The van der Waals surface area contributed by atoms with Crippen LogP contribution < -0.4 is 5.56 Å². The number of β-amino-alcohol motifs (C(OH)–C–C–N with tert-alkyl or cyclic N) is 1. The molecule has 1 saturated heterocycles. The van der Waals surface area contributed by atoms with Crippen molar-refractivity contribution in [3.63, 3.8) is 0 Å². The van der Waals surface area contributed by atoms with Crippen LogP contribution in [0.15, 0.2) is 23.0 Å². The molecular formula is C20H30N2O3. The van der Waals surface area contributed by atoms with Gasteiger partial charge in [0, 0.05) is 43.9 Å². The van der Waals surface area contributed by atoms with E-state index in [9.17, 15) is 9.90 Å². The molecular weight excluding hydrogens is 316 g/mol. The summed E-state index contributed by atoms with van der Waals surface area (Å²) in [6, 6.07) is 5.63. The molecule has 2 bridgehead atoms. The van der Waals surface area contributed by atoms with Crippen LogP contribution in [-0.4, -0.2) is 53.0 Å². The first-order valence-electron chi connectivity index (χ1n) is 9.91. The van der Waals surface area contributed by atoms with E-state index in [1.807, 2.05) is 10.6 Å². The number of hydrogen-bond acceptors (Lipinski definition) is 4. The second kappa shape index (κ2) is 7.60. The van der Waals surface area contributed by atoms with Gasteiger partial charge in [-0.15, -0.1) is 0 Å². The fraction of sp³-hybridized carbons (Fsp3) is 0.750. The first-order valence-corrected chi connectivity index (χ1v) is 9.91. The van der Waals surface area contributed by atoms with Gasteiger partial charge in [0.2, 0.25) is 0 Å². The third kappa shape index (κ3) is 3.99. The Morgan fingerprint density at radius 3 is 2.84 bits per heavy atom. The molecule has 5 nitrogen and oxygen atoms in total. The number of likely N-dealkylation sites (tertiary alicyclic amines) is 1. The van der Waals surface area contributed by atoms with Crippen molar-refractivity contribution < 1.29 is 9.84 Å². The van der Waals surface area contributed by atoms with Gasteiger partial charge in [0.05, 0.1) is 18.8 Å². The number of aliphatic hydroxyl groups is 1. The number of aromatic nitrogens is 1. The van der Waals surface area contributed by atoms with Crippen LogP contribution in [0.1, 0.15) is 50.1 Å². The third-order valence-electron chi connectivity index (χ3n) is 6.10. The Labute approximate surface area is 149 Å². The van der Waals surface area contributed by atoms with Crippen LogP contribution in [0.25, 0.3) is 0 Å². The van der Waals surface area contributed by atoms with E-state index in [1.54, 1.807) is 6.07 Å². The number of aliphatic hydroxyl groups excluding tert-OH is 1. The second-order valence-corrected chi connectivity index (χ2v) is 8.16. The van der Waals surface area contributed by atoms with Gasteiger partial charge in [-0.25, -0.2) is 0 Å². The van der Waals surface area contributed by atoms with Crippen LogP contribution >= 0.6 is 0 Å². The Kier molecular flexibility index (Phi) is 5.25. The molecule has 0 amide bonds. The van der Waals surface area contributed by atoms with Crippen molar-refractivity contribution in [2.24, 2.45) is 5.92 Å². The standard InChI is InChI=1S/C20H30N2O3/c23-17(14-25-18-5-2-1-3-6-18)13-21-10-15-9-16(12-21)19-7-4-8-20(24)22(19)11-15/h4,7-8,15-18,23H,1-3,5-6,9-14H2/t15-,16-,17+/m1/s1. The van der Waals surface area contributed by atoms with Crippen molar-refractivity contribution >= 4 is 0 Å². The molecule has 1 aromatic rings. The molecule has 5 heteroatoms. The Bertz CT molecular complexity index is 638. The molecule has 4 rings (SSSR count). The van der Waals surface area contributed by atoms with E-state index >= 15 is 0 Å². The van der Waals surface area contributed by atoms with Crippen molar-refractivity contribution in [1.29, 1.82) is 0 Å². The zero-order valence-corrected chi connectivity index (χ0v) is 15.0. The van der Waals surface area contributed by atoms with Crippen LogP contribution in [-0.2, 0) is 11.3 Å². The number of hydrogen-bond donors (Lipinski definition) is 1. The highest BCUT2D eigenvalue weighted by molar-refractivity contribution is 5.16. The van der Waals surface area contributed by atoms with Crippen LogP contribution in [0.2, 0.25) is 0 Å². The van der Waals surface area contributed by atoms with Crippen molar-refractivity contribution in [1.82, 2.24) is 9.47 Å². The van der Waals surface area contributed by atoms with Crippen LogP contribution in [0, 0.1) is 5.92 Å². The van der Waals surface area contributed by atoms with Gasteiger partial charge in [0.25, 0.3) is 5.56 Å². The van der Waals surface area contributed by atoms with Crippen molar-refractivity contribution in [3.8, 4) is 0 Å². The predicted molar refractivity (Wildman–Crippen MR) is 96.8 cm³/mol. The molecule has 2 fully saturated rings. The Hall–Kier alpha value is -1.17. The predicted octanol–water partition coefficient (Wildman–Crippen LogP) is 1.98. The normalized spacial score (nSPS) is 28.5. The van der Waals surface area contributed by atoms with Gasteiger partial charge >= 0.3 is 0 Å². The van der Waals surface area contributed by atoms with Gasteiger partial charge < -0.3 is 14.4 Å². The van der Waals surface area contributed by atoms with Gasteiger partial charge in [0.1, 0.15) is 0 Å². The number of ether oxygens (including phenoxy) is 1. The minimum absolute atomic E-state index is 0.126. The summed E-state index contributed by atoms with van der Waals surface area (Å²) in [7, 11) is 0. The summed E-state index contributed by atoms with van der Waals surface area (Å²) in [5.41, 5.74) is 1.29.